The molecule has 1 fully saturated rings. The van der Waals surface area contributed by atoms with Crippen molar-refractivity contribution in [3.8, 4) is 0 Å². The number of benzene rings is 2. The minimum Gasteiger partial charge on any atom is -0.393 e. The lowest BCUT2D eigenvalue weighted by Gasteiger charge is -2.37. The summed E-state index contributed by atoms with van der Waals surface area (Å²) in [7, 11) is 0. The molecular formula is C21H22ClN7O. The summed E-state index contributed by atoms with van der Waals surface area (Å²) in [5.74, 6) is 0.606. The van der Waals surface area contributed by atoms with Crippen molar-refractivity contribution in [2.45, 2.75) is 0 Å². The third-order valence-corrected chi connectivity index (χ3v) is 5.31. The van der Waals surface area contributed by atoms with Gasteiger partial charge in [0.05, 0.1) is 10.6 Å². The van der Waals surface area contributed by atoms with Crippen LogP contribution in [0.2, 0.25) is 5.02 Å². The quantitative estimate of drug-likeness (QED) is 0.542. The number of anilines is 4. The largest absolute Gasteiger partial charge is 0.393 e. The molecule has 4 rings (SSSR count). The van der Waals surface area contributed by atoms with Crippen LogP contribution in [0.3, 0.4) is 0 Å². The molecule has 0 bridgehead atoms. The van der Waals surface area contributed by atoms with Crippen LogP contribution >= 0.6 is 11.6 Å². The van der Waals surface area contributed by atoms with E-state index in [1.165, 1.54) is 12.0 Å². The molecule has 1 aliphatic heterocycles. The van der Waals surface area contributed by atoms with Crippen LogP contribution in [0.25, 0.3) is 0 Å². The van der Waals surface area contributed by atoms with Crippen LogP contribution in [-0.4, -0.2) is 42.1 Å². The van der Waals surface area contributed by atoms with Crippen molar-refractivity contribution in [2.24, 2.45) is 0 Å². The molecule has 1 aliphatic rings. The molecule has 3 aromatic rings. The van der Waals surface area contributed by atoms with Crippen LogP contribution in [0, 0.1) is 0 Å². The second-order valence-electron chi connectivity index (χ2n) is 6.83. The van der Waals surface area contributed by atoms with Crippen LogP contribution in [0.1, 0.15) is 10.4 Å². The predicted octanol–water partition coefficient (Wildman–Crippen LogP) is 2.80. The van der Waals surface area contributed by atoms with Crippen LogP contribution in [-0.2, 0) is 0 Å². The van der Waals surface area contributed by atoms with Crippen molar-refractivity contribution < 1.29 is 4.79 Å². The van der Waals surface area contributed by atoms with Gasteiger partial charge in [-0.25, -0.2) is 9.97 Å². The zero-order chi connectivity index (χ0) is 20.9. The molecule has 0 unspecified atom stereocenters. The average molecular weight is 424 g/mol. The molecule has 2 aromatic carbocycles. The highest BCUT2D eigenvalue weighted by atomic mass is 35.5. The summed E-state index contributed by atoms with van der Waals surface area (Å²) >= 11 is 6.07. The number of hydrazine groups is 1. The zero-order valence-corrected chi connectivity index (χ0v) is 17.0. The number of amides is 1. The number of nitrogen functional groups attached to an aromatic ring is 1. The average Bonchev–Trinajstić information content (AvgIpc) is 2.79. The number of aromatic nitrogens is 2. The molecule has 4 N–H and O–H groups in total. The van der Waals surface area contributed by atoms with Crippen molar-refractivity contribution in [1.29, 1.82) is 0 Å². The smallest absolute Gasteiger partial charge is 0.271 e. The number of carbonyl (C=O) groups is 1. The Hall–Kier alpha value is -3.52. The van der Waals surface area contributed by atoms with E-state index in [1.54, 1.807) is 24.3 Å². The van der Waals surface area contributed by atoms with E-state index in [-0.39, 0.29) is 5.91 Å². The lowest BCUT2D eigenvalue weighted by Crippen LogP contribution is -2.47. The molecule has 154 valence electrons. The maximum Gasteiger partial charge on any atom is 0.271 e. The van der Waals surface area contributed by atoms with Crippen LogP contribution in [0.15, 0.2) is 60.9 Å². The first-order chi connectivity index (χ1) is 14.6. The fourth-order valence-electron chi connectivity index (χ4n) is 3.38. The fourth-order valence-corrected chi connectivity index (χ4v) is 3.60. The Morgan fingerprint density at radius 3 is 2.33 bits per heavy atom. The van der Waals surface area contributed by atoms with Gasteiger partial charge in [0, 0.05) is 31.9 Å². The van der Waals surface area contributed by atoms with Gasteiger partial charge in [-0.3, -0.25) is 15.6 Å². The number of nitrogens with zero attached hydrogens (tertiary/aromatic N) is 4. The van der Waals surface area contributed by atoms with E-state index in [0.29, 0.717) is 27.9 Å². The van der Waals surface area contributed by atoms with E-state index in [0.717, 1.165) is 26.2 Å². The fraction of sp³-hybridized carbons (Fsp3) is 0.190. The van der Waals surface area contributed by atoms with Crippen molar-refractivity contribution in [1.82, 2.24) is 15.4 Å². The second kappa shape index (κ2) is 8.87. The summed E-state index contributed by atoms with van der Waals surface area (Å²) < 4.78 is 0. The molecule has 0 atom stereocenters. The first kappa shape index (κ1) is 19.8. The number of nitrogens with two attached hydrogens (primary N) is 1. The van der Waals surface area contributed by atoms with E-state index in [9.17, 15) is 4.79 Å². The molecule has 0 spiro atoms. The van der Waals surface area contributed by atoms with E-state index in [2.05, 4.69) is 42.8 Å². The van der Waals surface area contributed by atoms with Crippen molar-refractivity contribution in [3.63, 3.8) is 0 Å². The van der Waals surface area contributed by atoms with Gasteiger partial charge < -0.3 is 15.5 Å². The first-order valence-corrected chi connectivity index (χ1v) is 9.97. The third kappa shape index (κ3) is 4.23. The van der Waals surface area contributed by atoms with Gasteiger partial charge in [-0.15, -0.1) is 0 Å². The molecule has 0 radical (unpaired) electrons. The molecule has 0 aliphatic carbocycles. The highest BCUT2D eigenvalue weighted by molar-refractivity contribution is 6.33. The van der Waals surface area contributed by atoms with Gasteiger partial charge in [0.15, 0.2) is 11.6 Å². The highest BCUT2D eigenvalue weighted by Crippen LogP contribution is 2.27. The Morgan fingerprint density at radius 1 is 0.933 bits per heavy atom. The molecule has 8 nitrogen and oxygen atoms in total. The lowest BCUT2D eigenvalue weighted by molar-refractivity contribution is 0.0962. The molecule has 1 amide bonds. The second-order valence-corrected chi connectivity index (χ2v) is 7.24. The molecule has 9 heteroatoms. The summed E-state index contributed by atoms with van der Waals surface area (Å²) in [6, 6.07) is 17.1. The number of piperazine rings is 1. The zero-order valence-electron chi connectivity index (χ0n) is 16.3. The monoisotopic (exact) mass is 423 g/mol. The van der Waals surface area contributed by atoms with Gasteiger partial charge in [0.25, 0.3) is 5.91 Å². The van der Waals surface area contributed by atoms with Crippen molar-refractivity contribution >= 4 is 40.5 Å². The van der Waals surface area contributed by atoms with Crippen molar-refractivity contribution in [2.75, 3.05) is 47.1 Å². The summed E-state index contributed by atoms with van der Waals surface area (Å²) in [6.07, 6.45) is 1.43. The van der Waals surface area contributed by atoms with Gasteiger partial charge >= 0.3 is 0 Å². The summed E-state index contributed by atoms with van der Waals surface area (Å²) in [6.45, 7) is 3.28. The molecule has 1 aromatic heterocycles. The van der Waals surface area contributed by atoms with Crippen LogP contribution < -0.4 is 26.4 Å². The number of hydrogen-bond acceptors (Lipinski definition) is 7. The topological polar surface area (TPSA) is 99.4 Å². The number of carbonyl (C=O) groups excluding carboxylic acids is 1. The Morgan fingerprint density at radius 2 is 1.60 bits per heavy atom. The Balaban J connectivity index is 1.41. The Kier molecular flexibility index (Phi) is 5.85. The number of para-hydroxylation sites is 1. The summed E-state index contributed by atoms with van der Waals surface area (Å²) in [5, 5.41) is 0.365. The Labute approximate surface area is 179 Å². The van der Waals surface area contributed by atoms with Gasteiger partial charge in [-0.05, 0) is 24.3 Å². The summed E-state index contributed by atoms with van der Waals surface area (Å²) in [5.41, 5.74) is 13.6. The number of rotatable bonds is 5. The van der Waals surface area contributed by atoms with E-state index < -0.39 is 0 Å². The van der Waals surface area contributed by atoms with Gasteiger partial charge in [-0.2, -0.15) is 0 Å². The summed E-state index contributed by atoms with van der Waals surface area (Å²) in [4.78, 5) is 25.3. The molecule has 30 heavy (non-hydrogen) atoms. The van der Waals surface area contributed by atoms with Crippen molar-refractivity contribution in [3.05, 3.63) is 71.5 Å². The molecule has 2 heterocycles. The Bertz CT molecular complexity index is 1020. The van der Waals surface area contributed by atoms with E-state index in [4.69, 9.17) is 17.3 Å². The normalized spacial score (nSPS) is 13.8. The number of nitrogens with one attached hydrogen (secondary N) is 2. The van der Waals surface area contributed by atoms with Crippen LogP contribution in [0.5, 0.6) is 0 Å². The predicted molar refractivity (Wildman–Crippen MR) is 120 cm³/mol. The maximum atomic E-state index is 12.3. The highest BCUT2D eigenvalue weighted by Gasteiger charge is 2.21. The lowest BCUT2D eigenvalue weighted by atomic mass is 10.2. The first-order valence-electron chi connectivity index (χ1n) is 9.60. The minimum absolute atomic E-state index is 0.339. The third-order valence-electron chi connectivity index (χ3n) is 4.98. The molecular weight excluding hydrogens is 402 g/mol. The van der Waals surface area contributed by atoms with E-state index in [1.807, 2.05) is 18.2 Å². The molecule has 0 saturated carbocycles. The van der Waals surface area contributed by atoms with Gasteiger partial charge in [-0.1, -0.05) is 41.9 Å². The standard InChI is InChI=1S/C21H22ClN7O/c22-17-9-5-4-8-16(17)21(30)27-26-19-18(23)20(25-14-24-19)29-12-10-28(11-13-29)15-6-2-1-3-7-15/h1-9,14H,10-13,23H2,(H,27,30)(H,24,25,26). The number of hydrogen-bond donors (Lipinski definition) is 3. The van der Waals surface area contributed by atoms with E-state index >= 15 is 0 Å². The maximum absolute atomic E-state index is 12.3. The number of halogens is 1. The van der Waals surface area contributed by atoms with Crippen LogP contribution in [0.4, 0.5) is 23.0 Å². The van der Waals surface area contributed by atoms with Gasteiger partial charge in [0.1, 0.15) is 12.0 Å². The minimum atomic E-state index is -0.378. The van der Waals surface area contributed by atoms with Gasteiger partial charge in [0.2, 0.25) is 0 Å². The SMILES string of the molecule is Nc1c(NNC(=O)c2ccccc2Cl)ncnc1N1CCN(c2ccccc2)CC1. The molecule has 1 saturated heterocycles.